The van der Waals surface area contributed by atoms with E-state index in [1.165, 1.54) is 7.11 Å². The van der Waals surface area contributed by atoms with Gasteiger partial charge in [-0.1, -0.05) is 0 Å². The summed E-state index contributed by atoms with van der Waals surface area (Å²) in [5, 5.41) is 5.76. The zero-order valence-electron chi connectivity index (χ0n) is 11.1. The lowest BCUT2D eigenvalue weighted by molar-refractivity contribution is 0.187. The topological polar surface area (TPSA) is 66.5 Å². The van der Waals surface area contributed by atoms with E-state index >= 15 is 0 Å². The van der Waals surface area contributed by atoms with E-state index in [0.717, 1.165) is 25.2 Å². The number of anilines is 2. The second-order valence-electron chi connectivity index (χ2n) is 4.13. The lowest BCUT2D eigenvalue weighted by atomic mass is 10.3. The molecule has 0 saturated carbocycles. The van der Waals surface area contributed by atoms with Gasteiger partial charge in [-0.05, 0) is 39.2 Å². The maximum absolute atomic E-state index is 10.9. The van der Waals surface area contributed by atoms with Crippen molar-refractivity contribution in [3.8, 4) is 0 Å². The van der Waals surface area contributed by atoms with Crippen LogP contribution in [0.4, 0.5) is 16.3 Å². The summed E-state index contributed by atoms with van der Waals surface area (Å²) in [6.45, 7) is 1.94. The van der Waals surface area contributed by atoms with E-state index < -0.39 is 6.09 Å². The van der Waals surface area contributed by atoms with E-state index in [9.17, 15) is 4.79 Å². The van der Waals surface area contributed by atoms with Crippen LogP contribution in [0.5, 0.6) is 0 Å². The SMILES string of the molecule is COC(=O)Nc1ccc(NCCCN(C)C)cn1. The molecule has 18 heavy (non-hydrogen) atoms. The van der Waals surface area contributed by atoms with Crippen LogP contribution in [0.15, 0.2) is 18.3 Å². The zero-order valence-corrected chi connectivity index (χ0v) is 11.1. The molecule has 1 amide bonds. The number of ether oxygens (including phenoxy) is 1. The van der Waals surface area contributed by atoms with Crippen molar-refractivity contribution >= 4 is 17.6 Å². The highest BCUT2D eigenvalue weighted by Gasteiger charge is 2.01. The number of carbonyl (C=O) groups excluding carboxylic acids is 1. The summed E-state index contributed by atoms with van der Waals surface area (Å²) in [7, 11) is 5.42. The number of carbonyl (C=O) groups is 1. The van der Waals surface area contributed by atoms with Crippen LogP contribution in [0.1, 0.15) is 6.42 Å². The van der Waals surface area contributed by atoms with Gasteiger partial charge in [-0.15, -0.1) is 0 Å². The summed E-state index contributed by atoms with van der Waals surface area (Å²) in [5.41, 5.74) is 0.934. The molecule has 0 fully saturated rings. The first-order valence-electron chi connectivity index (χ1n) is 5.81. The largest absolute Gasteiger partial charge is 0.453 e. The normalized spacial score (nSPS) is 10.2. The van der Waals surface area contributed by atoms with Crippen molar-refractivity contribution in [2.75, 3.05) is 44.9 Å². The van der Waals surface area contributed by atoms with Crippen LogP contribution in [-0.2, 0) is 4.74 Å². The second kappa shape index (κ2) is 7.50. The summed E-state index contributed by atoms with van der Waals surface area (Å²) < 4.78 is 4.48. The van der Waals surface area contributed by atoms with Gasteiger partial charge in [0.05, 0.1) is 19.0 Å². The number of methoxy groups -OCH3 is 1. The fourth-order valence-electron chi connectivity index (χ4n) is 1.36. The third kappa shape index (κ3) is 5.49. The molecule has 1 rings (SSSR count). The number of nitrogens with one attached hydrogen (secondary N) is 2. The third-order valence-corrected chi connectivity index (χ3v) is 2.29. The van der Waals surface area contributed by atoms with E-state index in [0.29, 0.717) is 5.82 Å². The van der Waals surface area contributed by atoms with E-state index in [1.807, 2.05) is 6.07 Å². The molecule has 1 aromatic heterocycles. The lowest BCUT2D eigenvalue weighted by Crippen LogP contribution is -2.16. The fourth-order valence-corrected chi connectivity index (χ4v) is 1.36. The third-order valence-electron chi connectivity index (χ3n) is 2.29. The standard InChI is InChI=1S/C12H20N4O2/c1-16(2)8-4-7-13-10-5-6-11(14-9-10)15-12(17)18-3/h5-6,9,13H,4,7-8H2,1-3H3,(H,14,15,17). The Labute approximate surface area is 107 Å². The second-order valence-corrected chi connectivity index (χ2v) is 4.13. The van der Waals surface area contributed by atoms with Gasteiger partial charge in [-0.25, -0.2) is 9.78 Å². The van der Waals surface area contributed by atoms with Crippen LogP contribution in [0.25, 0.3) is 0 Å². The number of pyridine rings is 1. The summed E-state index contributed by atoms with van der Waals surface area (Å²) in [4.78, 5) is 17.2. The van der Waals surface area contributed by atoms with Crippen LogP contribution in [0.3, 0.4) is 0 Å². The first-order chi connectivity index (χ1) is 8.61. The first-order valence-corrected chi connectivity index (χ1v) is 5.81. The van der Waals surface area contributed by atoms with E-state index in [2.05, 4.69) is 39.3 Å². The molecule has 0 radical (unpaired) electrons. The Morgan fingerprint density at radius 3 is 2.78 bits per heavy atom. The molecular weight excluding hydrogens is 232 g/mol. The molecule has 0 saturated heterocycles. The Kier molecular flexibility index (Phi) is 5.93. The van der Waals surface area contributed by atoms with Crippen LogP contribution in [0.2, 0.25) is 0 Å². The number of hydrogen-bond acceptors (Lipinski definition) is 5. The average molecular weight is 252 g/mol. The maximum Gasteiger partial charge on any atom is 0.412 e. The number of nitrogens with zero attached hydrogens (tertiary/aromatic N) is 2. The molecule has 0 spiro atoms. The van der Waals surface area contributed by atoms with Gasteiger partial charge < -0.3 is 15.0 Å². The molecule has 0 aliphatic heterocycles. The van der Waals surface area contributed by atoms with Crippen LogP contribution in [-0.4, -0.2) is 50.3 Å². The number of aromatic nitrogens is 1. The fraction of sp³-hybridized carbons (Fsp3) is 0.500. The predicted molar refractivity (Wildman–Crippen MR) is 71.9 cm³/mol. The van der Waals surface area contributed by atoms with Gasteiger partial charge in [0.2, 0.25) is 0 Å². The molecule has 0 unspecified atom stereocenters. The molecule has 0 aliphatic rings. The van der Waals surface area contributed by atoms with Crippen LogP contribution < -0.4 is 10.6 Å². The minimum atomic E-state index is -0.519. The quantitative estimate of drug-likeness (QED) is 0.753. The van der Waals surface area contributed by atoms with Gasteiger partial charge in [-0.2, -0.15) is 0 Å². The highest BCUT2D eigenvalue weighted by atomic mass is 16.5. The minimum Gasteiger partial charge on any atom is -0.453 e. The van der Waals surface area contributed by atoms with E-state index in [-0.39, 0.29) is 0 Å². The molecule has 0 bridgehead atoms. The average Bonchev–Trinajstić information content (AvgIpc) is 2.36. The van der Waals surface area contributed by atoms with Crippen molar-refractivity contribution in [2.24, 2.45) is 0 Å². The van der Waals surface area contributed by atoms with Crippen molar-refractivity contribution in [3.63, 3.8) is 0 Å². The van der Waals surface area contributed by atoms with Gasteiger partial charge in [0.1, 0.15) is 5.82 Å². The molecule has 1 aromatic rings. The van der Waals surface area contributed by atoms with Gasteiger partial charge >= 0.3 is 6.09 Å². The Morgan fingerprint density at radius 1 is 1.44 bits per heavy atom. The summed E-state index contributed by atoms with van der Waals surface area (Å²) in [6, 6.07) is 3.60. The Bertz CT molecular complexity index is 365. The summed E-state index contributed by atoms with van der Waals surface area (Å²) >= 11 is 0. The van der Waals surface area contributed by atoms with Crippen molar-refractivity contribution < 1.29 is 9.53 Å². The predicted octanol–water partition coefficient (Wildman–Crippen LogP) is 1.62. The molecule has 2 N–H and O–H groups in total. The first kappa shape index (κ1) is 14.2. The van der Waals surface area contributed by atoms with Gasteiger partial charge in [0.15, 0.2) is 0 Å². The Balaban J connectivity index is 2.33. The molecule has 0 aliphatic carbocycles. The maximum atomic E-state index is 10.9. The van der Waals surface area contributed by atoms with Crippen LogP contribution in [0, 0.1) is 0 Å². The zero-order chi connectivity index (χ0) is 13.4. The van der Waals surface area contributed by atoms with Crippen molar-refractivity contribution in [1.29, 1.82) is 0 Å². The number of hydrogen-bond donors (Lipinski definition) is 2. The van der Waals surface area contributed by atoms with Crippen LogP contribution >= 0.6 is 0 Å². The molecule has 0 aromatic carbocycles. The monoisotopic (exact) mass is 252 g/mol. The summed E-state index contributed by atoms with van der Waals surface area (Å²) in [6.07, 6.45) is 2.23. The van der Waals surface area contributed by atoms with Crippen molar-refractivity contribution in [1.82, 2.24) is 9.88 Å². The van der Waals surface area contributed by atoms with Gasteiger partial charge in [0.25, 0.3) is 0 Å². The molecular formula is C12H20N4O2. The molecule has 6 nitrogen and oxygen atoms in total. The highest BCUT2D eigenvalue weighted by molar-refractivity contribution is 5.83. The summed E-state index contributed by atoms with van der Waals surface area (Å²) in [5.74, 6) is 0.473. The van der Waals surface area contributed by atoms with Crippen molar-refractivity contribution in [3.05, 3.63) is 18.3 Å². The Morgan fingerprint density at radius 2 is 2.22 bits per heavy atom. The van der Waals surface area contributed by atoms with E-state index in [1.54, 1.807) is 12.3 Å². The number of amides is 1. The smallest absolute Gasteiger partial charge is 0.412 e. The van der Waals surface area contributed by atoms with Gasteiger partial charge in [-0.3, -0.25) is 5.32 Å². The highest BCUT2D eigenvalue weighted by Crippen LogP contribution is 2.09. The number of rotatable bonds is 6. The van der Waals surface area contributed by atoms with Crippen molar-refractivity contribution in [2.45, 2.75) is 6.42 Å². The lowest BCUT2D eigenvalue weighted by Gasteiger charge is -2.10. The van der Waals surface area contributed by atoms with Gasteiger partial charge in [0, 0.05) is 6.54 Å². The molecule has 6 heteroatoms. The minimum absolute atomic E-state index is 0.473. The molecule has 0 atom stereocenters. The molecule has 1 heterocycles. The van der Waals surface area contributed by atoms with E-state index in [4.69, 9.17) is 0 Å². The molecule has 100 valence electrons. The Hall–Kier alpha value is -1.82.